The maximum Gasteiger partial charge on any atom is 0.0630 e. The topological polar surface area (TPSA) is 24.5 Å². The molecule has 0 saturated heterocycles. The van der Waals surface area contributed by atoms with Crippen molar-refractivity contribution in [3.8, 4) is 0 Å². The number of likely N-dealkylation sites (N-methyl/N-ethyl adjacent to an activating group) is 2. The lowest BCUT2D eigenvalue weighted by Gasteiger charge is -2.23. The van der Waals surface area contributed by atoms with Crippen molar-refractivity contribution in [2.24, 2.45) is 0 Å². The molecule has 1 N–H and O–H groups in total. The van der Waals surface area contributed by atoms with E-state index >= 15 is 0 Å². The maximum absolute atomic E-state index is 5.08. The number of nitrogens with one attached hydrogen (secondary N) is 1. The molecule has 0 amide bonds. The molecule has 0 radical (unpaired) electrons. The summed E-state index contributed by atoms with van der Waals surface area (Å²) >= 11 is 0. The van der Waals surface area contributed by atoms with Crippen molar-refractivity contribution in [2.45, 2.75) is 13.0 Å². The van der Waals surface area contributed by atoms with E-state index < -0.39 is 0 Å². The third kappa shape index (κ3) is 5.18. The molecule has 0 aliphatic carbocycles. The predicted molar refractivity (Wildman–Crippen MR) is 47.9 cm³/mol. The number of nitrogens with zero attached hydrogens (tertiary/aromatic N) is 1. The highest BCUT2D eigenvalue weighted by atomic mass is 16.5. The third-order valence-corrected chi connectivity index (χ3v) is 1.72. The van der Waals surface area contributed by atoms with Crippen LogP contribution in [0, 0.1) is 0 Å². The molecule has 11 heavy (non-hydrogen) atoms. The summed E-state index contributed by atoms with van der Waals surface area (Å²) in [6.07, 6.45) is 0. The van der Waals surface area contributed by atoms with E-state index in [4.69, 9.17) is 4.74 Å². The van der Waals surface area contributed by atoms with Crippen LogP contribution in [0.3, 0.4) is 0 Å². The molecule has 0 aliphatic heterocycles. The quantitative estimate of drug-likeness (QED) is 0.599. The Hall–Kier alpha value is -0.120. The molecule has 0 aromatic heterocycles. The molecule has 1 unspecified atom stereocenters. The van der Waals surface area contributed by atoms with Crippen LogP contribution in [-0.2, 0) is 4.74 Å². The first-order valence-electron chi connectivity index (χ1n) is 4.08. The molecule has 1 atom stereocenters. The third-order valence-electron chi connectivity index (χ3n) is 1.72. The maximum atomic E-state index is 5.08. The van der Waals surface area contributed by atoms with E-state index in [1.54, 1.807) is 7.11 Å². The van der Waals surface area contributed by atoms with Crippen LogP contribution in [0.5, 0.6) is 0 Å². The molecule has 0 fully saturated rings. The Bertz CT molecular complexity index is 86.2. The normalized spacial score (nSPS) is 13.9. The minimum Gasteiger partial charge on any atom is -0.383 e. The zero-order chi connectivity index (χ0) is 8.69. The number of methoxy groups -OCH3 is 1. The lowest BCUT2D eigenvalue weighted by Crippen LogP contribution is -2.40. The van der Waals surface area contributed by atoms with Crippen LogP contribution in [0.4, 0.5) is 0 Å². The first kappa shape index (κ1) is 10.9. The van der Waals surface area contributed by atoms with E-state index in [1.807, 2.05) is 0 Å². The van der Waals surface area contributed by atoms with Crippen molar-refractivity contribution in [2.75, 3.05) is 40.9 Å². The highest BCUT2D eigenvalue weighted by Crippen LogP contribution is 1.91. The first-order chi connectivity index (χ1) is 5.22. The van der Waals surface area contributed by atoms with E-state index in [2.05, 4.69) is 31.2 Å². The van der Waals surface area contributed by atoms with Crippen molar-refractivity contribution in [3.05, 3.63) is 0 Å². The van der Waals surface area contributed by atoms with Gasteiger partial charge in [-0.3, -0.25) is 0 Å². The Morgan fingerprint density at radius 2 is 2.09 bits per heavy atom. The van der Waals surface area contributed by atoms with E-state index in [9.17, 15) is 0 Å². The van der Waals surface area contributed by atoms with E-state index in [0.717, 1.165) is 19.7 Å². The van der Waals surface area contributed by atoms with Gasteiger partial charge in [-0.1, -0.05) is 6.92 Å². The molecule has 3 nitrogen and oxygen atoms in total. The second kappa shape index (κ2) is 6.58. The molecule has 0 spiro atoms. The largest absolute Gasteiger partial charge is 0.383 e. The molecule has 3 heteroatoms. The molecule has 0 aromatic carbocycles. The molecule has 0 heterocycles. The summed E-state index contributed by atoms with van der Waals surface area (Å²) in [6, 6.07) is 0.486. The number of hydrogen-bond donors (Lipinski definition) is 1. The van der Waals surface area contributed by atoms with E-state index in [1.165, 1.54) is 0 Å². The van der Waals surface area contributed by atoms with Crippen molar-refractivity contribution < 1.29 is 4.74 Å². The van der Waals surface area contributed by atoms with Gasteiger partial charge in [-0.2, -0.15) is 0 Å². The molecular weight excluding hydrogens is 140 g/mol. The van der Waals surface area contributed by atoms with Gasteiger partial charge in [0.05, 0.1) is 6.61 Å². The van der Waals surface area contributed by atoms with Gasteiger partial charge >= 0.3 is 0 Å². The van der Waals surface area contributed by atoms with Crippen molar-refractivity contribution in [1.29, 1.82) is 0 Å². The van der Waals surface area contributed by atoms with E-state index in [0.29, 0.717) is 6.04 Å². The van der Waals surface area contributed by atoms with Crippen molar-refractivity contribution in [3.63, 3.8) is 0 Å². The summed E-state index contributed by atoms with van der Waals surface area (Å²) < 4.78 is 5.08. The zero-order valence-electron chi connectivity index (χ0n) is 8.05. The fraction of sp³-hybridized carbons (Fsp3) is 1.00. The smallest absolute Gasteiger partial charge is 0.0630 e. The minimum atomic E-state index is 0.486. The lowest BCUT2D eigenvalue weighted by atomic mass is 10.3. The number of ether oxygens (including phenoxy) is 1. The Morgan fingerprint density at radius 3 is 2.45 bits per heavy atom. The monoisotopic (exact) mass is 160 g/mol. The fourth-order valence-corrected chi connectivity index (χ4v) is 0.894. The van der Waals surface area contributed by atoms with Crippen molar-refractivity contribution >= 4 is 0 Å². The van der Waals surface area contributed by atoms with Gasteiger partial charge < -0.3 is 15.0 Å². The molecular formula is C8H20N2O. The van der Waals surface area contributed by atoms with Crippen LogP contribution >= 0.6 is 0 Å². The Morgan fingerprint density at radius 1 is 1.45 bits per heavy atom. The standard InChI is InChI=1S/C8H20N2O/c1-5-9-6-8(7-11-4)10(2)3/h8-9H,5-7H2,1-4H3. The highest BCUT2D eigenvalue weighted by Gasteiger charge is 2.08. The second-order valence-electron chi connectivity index (χ2n) is 2.88. The molecule has 0 saturated carbocycles. The fourth-order valence-electron chi connectivity index (χ4n) is 0.894. The SMILES string of the molecule is CCNCC(COC)N(C)C. The van der Waals surface area contributed by atoms with Gasteiger partial charge in [-0.05, 0) is 20.6 Å². The Balaban J connectivity index is 3.51. The summed E-state index contributed by atoms with van der Waals surface area (Å²) in [4.78, 5) is 2.17. The molecule has 68 valence electrons. The van der Waals surface area contributed by atoms with Crippen molar-refractivity contribution in [1.82, 2.24) is 10.2 Å². The van der Waals surface area contributed by atoms with E-state index in [-0.39, 0.29) is 0 Å². The van der Waals surface area contributed by atoms with Crippen LogP contribution < -0.4 is 5.32 Å². The van der Waals surface area contributed by atoms with Gasteiger partial charge in [0.2, 0.25) is 0 Å². The molecule has 0 bridgehead atoms. The van der Waals surface area contributed by atoms with Crippen LogP contribution in [0.15, 0.2) is 0 Å². The number of hydrogen-bond acceptors (Lipinski definition) is 3. The molecule has 0 aromatic rings. The first-order valence-corrected chi connectivity index (χ1v) is 4.08. The Kier molecular flexibility index (Phi) is 6.51. The molecule has 0 rings (SSSR count). The minimum absolute atomic E-state index is 0.486. The zero-order valence-corrected chi connectivity index (χ0v) is 8.05. The summed E-state index contributed by atoms with van der Waals surface area (Å²) in [5.74, 6) is 0. The number of rotatable bonds is 6. The van der Waals surface area contributed by atoms with Gasteiger partial charge in [0.15, 0.2) is 0 Å². The van der Waals surface area contributed by atoms with Gasteiger partial charge in [0.1, 0.15) is 0 Å². The summed E-state index contributed by atoms with van der Waals surface area (Å²) in [6.45, 7) is 4.92. The predicted octanol–water partition coefficient (Wildman–Crippen LogP) is 0.173. The summed E-state index contributed by atoms with van der Waals surface area (Å²) in [7, 11) is 5.88. The van der Waals surface area contributed by atoms with Crippen LogP contribution in [0.25, 0.3) is 0 Å². The highest BCUT2D eigenvalue weighted by molar-refractivity contribution is 4.67. The Labute approximate surface area is 69.7 Å². The summed E-state index contributed by atoms with van der Waals surface area (Å²) in [5, 5.41) is 3.29. The average Bonchev–Trinajstić information content (AvgIpc) is 1.97. The van der Waals surface area contributed by atoms with Gasteiger partial charge in [0, 0.05) is 19.7 Å². The summed E-state index contributed by atoms with van der Waals surface area (Å²) in [5.41, 5.74) is 0. The average molecular weight is 160 g/mol. The van der Waals surface area contributed by atoms with Gasteiger partial charge in [0.25, 0.3) is 0 Å². The van der Waals surface area contributed by atoms with Gasteiger partial charge in [-0.15, -0.1) is 0 Å². The lowest BCUT2D eigenvalue weighted by molar-refractivity contribution is 0.119. The second-order valence-corrected chi connectivity index (χ2v) is 2.88. The molecule has 0 aliphatic rings. The van der Waals surface area contributed by atoms with Crippen LogP contribution in [0.1, 0.15) is 6.92 Å². The van der Waals surface area contributed by atoms with Crippen LogP contribution in [0.2, 0.25) is 0 Å². The van der Waals surface area contributed by atoms with Crippen LogP contribution in [-0.4, -0.2) is 51.8 Å². The van der Waals surface area contributed by atoms with Gasteiger partial charge in [-0.25, -0.2) is 0 Å².